The van der Waals surface area contributed by atoms with Gasteiger partial charge in [-0.15, -0.1) is 0 Å². The zero-order valence-electron chi connectivity index (χ0n) is 32.5. The monoisotopic (exact) mass is 621 g/mol. The molecule has 0 aromatic rings. The van der Waals surface area contributed by atoms with Crippen molar-refractivity contribution in [3.63, 3.8) is 0 Å². The van der Waals surface area contributed by atoms with Crippen LogP contribution >= 0.6 is 0 Å². The average molecular weight is 621 g/mol. The molecule has 0 bridgehead atoms. The lowest BCUT2D eigenvalue weighted by atomic mass is 9.31. The zero-order valence-corrected chi connectivity index (χ0v) is 32.5. The number of hydrogen-bond acceptors (Lipinski definition) is 0. The Bertz CT molecular complexity index is 988. The summed E-state index contributed by atoms with van der Waals surface area (Å²) in [6, 6.07) is 0. The van der Waals surface area contributed by atoms with Crippen molar-refractivity contribution in [3.05, 3.63) is 0 Å². The molecule has 0 nitrogen and oxygen atoms in total. The van der Waals surface area contributed by atoms with Crippen LogP contribution < -0.4 is 0 Å². The molecule has 0 amide bonds. The molecular weight excluding hydrogens is 540 g/mol. The van der Waals surface area contributed by atoms with Gasteiger partial charge in [0.1, 0.15) is 0 Å². The first-order valence-electron chi connectivity index (χ1n) is 21.3. The van der Waals surface area contributed by atoms with E-state index in [0.29, 0.717) is 16.2 Å². The highest BCUT2D eigenvalue weighted by Crippen LogP contribution is 2.75. The summed E-state index contributed by atoms with van der Waals surface area (Å²) < 4.78 is 0. The van der Waals surface area contributed by atoms with Gasteiger partial charge in [-0.3, -0.25) is 0 Å². The van der Waals surface area contributed by atoms with Crippen LogP contribution in [-0.4, -0.2) is 0 Å². The van der Waals surface area contributed by atoms with Gasteiger partial charge in [0, 0.05) is 0 Å². The van der Waals surface area contributed by atoms with E-state index in [2.05, 4.69) is 76.2 Å². The molecular formula is C45H80. The predicted molar refractivity (Wildman–Crippen MR) is 196 cm³/mol. The molecule has 260 valence electrons. The maximum Gasteiger partial charge on any atom is -0.0215 e. The van der Waals surface area contributed by atoms with E-state index in [1.165, 1.54) is 44.9 Å². The number of rotatable bonds is 6. The largest absolute Gasteiger partial charge is 0.0651 e. The lowest BCUT2D eigenvalue weighted by Crippen LogP contribution is -2.67. The minimum atomic E-state index is 0.458. The van der Waals surface area contributed by atoms with Crippen molar-refractivity contribution in [2.45, 2.75) is 179 Å². The van der Waals surface area contributed by atoms with Crippen LogP contribution in [-0.2, 0) is 0 Å². The summed E-state index contributed by atoms with van der Waals surface area (Å²) in [6.07, 6.45) is 24.5. The fourth-order valence-corrected chi connectivity index (χ4v) is 16.9. The van der Waals surface area contributed by atoms with Gasteiger partial charge in [-0.2, -0.15) is 0 Å². The first-order chi connectivity index (χ1) is 21.3. The third-order valence-electron chi connectivity index (χ3n) is 18.6. The average Bonchev–Trinajstić information content (AvgIpc) is 2.98. The summed E-state index contributed by atoms with van der Waals surface area (Å²) in [7, 11) is 0. The molecule has 0 aliphatic heterocycles. The highest BCUT2D eigenvalue weighted by atomic mass is 14.7. The second-order valence-electron chi connectivity index (χ2n) is 20.9. The van der Waals surface area contributed by atoms with Gasteiger partial charge in [-0.1, -0.05) is 140 Å². The van der Waals surface area contributed by atoms with Gasteiger partial charge in [0.25, 0.3) is 0 Å². The topological polar surface area (TPSA) is 0 Å². The van der Waals surface area contributed by atoms with Crippen molar-refractivity contribution < 1.29 is 0 Å². The Morgan fingerprint density at radius 3 is 2.02 bits per heavy atom. The molecule has 0 radical (unpaired) electrons. The summed E-state index contributed by atoms with van der Waals surface area (Å²) in [5.41, 5.74) is 1.45. The maximum atomic E-state index is 2.86. The lowest BCUT2D eigenvalue weighted by molar-refractivity contribution is -0.249. The molecule has 6 aliphatic carbocycles. The molecule has 6 aliphatic rings. The molecule has 6 rings (SSSR count). The second-order valence-corrected chi connectivity index (χ2v) is 20.9. The van der Waals surface area contributed by atoms with Crippen molar-refractivity contribution in [2.24, 2.45) is 105 Å². The SMILES string of the molecule is CCC1CCC(CCC2CCCCC2)CC1C1CCC(C)C2C(C)C3C(C)C4(C)C(C)C(C(C)C)C(C)CC4(C)CC3(C)CC12. The van der Waals surface area contributed by atoms with Crippen LogP contribution in [0.25, 0.3) is 0 Å². The van der Waals surface area contributed by atoms with Gasteiger partial charge in [0.15, 0.2) is 0 Å². The van der Waals surface area contributed by atoms with Crippen LogP contribution in [0.4, 0.5) is 0 Å². The van der Waals surface area contributed by atoms with Crippen LogP contribution in [0.2, 0.25) is 0 Å². The first-order valence-corrected chi connectivity index (χ1v) is 21.3. The fourth-order valence-electron chi connectivity index (χ4n) is 16.9. The smallest absolute Gasteiger partial charge is 0.0215 e. The summed E-state index contributed by atoms with van der Waals surface area (Å²) in [5.74, 6) is 14.0. The van der Waals surface area contributed by atoms with Crippen LogP contribution in [0.1, 0.15) is 179 Å². The molecule has 16 atom stereocenters. The Labute approximate surface area is 283 Å². The lowest BCUT2D eigenvalue weighted by Gasteiger charge is -2.73. The van der Waals surface area contributed by atoms with Crippen LogP contribution in [0, 0.1) is 105 Å². The van der Waals surface area contributed by atoms with Crippen LogP contribution in [0.3, 0.4) is 0 Å². The Hall–Kier alpha value is 0. The normalized spacial score (nSPS) is 54.3. The highest BCUT2D eigenvalue weighted by Gasteiger charge is 2.69. The fraction of sp³-hybridized carbons (Fsp3) is 1.00. The number of hydrogen-bond donors (Lipinski definition) is 0. The quantitative estimate of drug-likeness (QED) is 0.277. The standard InChI is InChI=1S/C45H80/c1-12-36-22-21-35(20-19-34-16-14-13-15-17-34)24-38(36)37-23-18-29(4)41-31(6)42-33(8)45(11)32(7)40(28(2)3)30(5)25-44(45,10)27-43(42,9)26-39(37)41/h28-42H,12-27H2,1-11H3. The van der Waals surface area contributed by atoms with Crippen LogP contribution in [0.15, 0.2) is 0 Å². The van der Waals surface area contributed by atoms with Crippen molar-refractivity contribution >= 4 is 0 Å². The predicted octanol–water partition coefficient (Wildman–Crippen LogP) is 13.7. The summed E-state index contributed by atoms with van der Waals surface area (Å²) in [5, 5.41) is 0. The molecule has 0 spiro atoms. The molecule has 0 heterocycles. The van der Waals surface area contributed by atoms with Crippen molar-refractivity contribution in [1.82, 2.24) is 0 Å². The van der Waals surface area contributed by atoms with Gasteiger partial charge < -0.3 is 0 Å². The summed E-state index contributed by atoms with van der Waals surface area (Å²) in [6.45, 7) is 29.8. The van der Waals surface area contributed by atoms with Crippen molar-refractivity contribution in [3.8, 4) is 0 Å². The van der Waals surface area contributed by atoms with E-state index < -0.39 is 0 Å². The molecule has 6 fully saturated rings. The first kappa shape index (κ1) is 34.8. The molecule has 0 saturated heterocycles. The minimum absolute atomic E-state index is 0.458. The summed E-state index contributed by atoms with van der Waals surface area (Å²) >= 11 is 0. The Morgan fingerprint density at radius 2 is 1.36 bits per heavy atom. The number of fused-ring (bicyclic) bond motifs is 3. The van der Waals surface area contributed by atoms with E-state index in [1.807, 2.05) is 0 Å². The molecule has 0 N–H and O–H groups in total. The van der Waals surface area contributed by atoms with Gasteiger partial charge >= 0.3 is 0 Å². The molecule has 16 unspecified atom stereocenters. The molecule has 0 heteroatoms. The molecule has 0 aromatic heterocycles. The maximum absolute atomic E-state index is 2.86. The molecule has 0 aromatic carbocycles. The van der Waals surface area contributed by atoms with Gasteiger partial charge in [0.2, 0.25) is 0 Å². The Kier molecular flexibility index (Phi) is 10.1. The van der Waals surface area contributed by atoms with Crippen LogP contribution in [0.5, 0.6) is 0 Å². The van der Waals surface area contributed by atoms with E-state index >= 15 is 0 Å². The van der Waals surface area contributed by atoms with Crippen molar-refractivity contribution in [1.29, 1.82) is 0 Å². The minimum Gasteiger partial charge on any atom is -0.0651 e. The molecule has 6 saturated carbocycles. The van der Waals surface area contributed by atoms with E-state index in [4.69, 9.17) is 0 Å². The zero-order chi connectivity index (χ0) is 32.5. The van der Waals surface area contributed by atoms with Gasteiger partial charge in [-0.05, 0) is 144 Å². The van der Waals surface area contributed by atoms with E-state index in [9.17, 15) is 0 Å². The molecule has 45 heavy (non-hydrogen) atoms. The third kappa shape index (κ3) is 5.77. The van der Waals surface area contributed by atoms with Gasteiger partial charge in [-0.25, -0.2) is 0 Å². The van der Waals surface area contributed by atoms with E-state index in [-0.39, 0.29) is 0 Å². The highest BCUT2D eigenvalue weighted by molar-refractivity contribution is 5.17. The summed E-state index contributed by atoms with van der Waals surface area (Å²) in [4.78, 5) is 0. The Morgan fingerprint density at radius 1 is 0.667 bits per heavy atom. The van der Waals surface area contributed by atoms with Crippen molar-refractivity contribution in [2.75, 3.05) is 0 Å². The van der Waals surface area contributed by atoms with E-state index in [0.717, 1.165) is 88.8 Å². The second kappa shape index (κ2) is 13.0. The Balaban J connectivity index is 1.27. The van der Waals surface area contributed by atoms with Gasteiger partial charge in [0.05, 0.1) is 0 Å². The van der Waals surface area contributed by atoms with E-state index in [1.54, 1.807) is 57.8 Å². The third-order valence-corrected chi connectivity index (χ3v) is 18.6.